The van der Waals surface area contributed by atoms with Crippen molar-refractivity contribution >= 4 is 50.2 Å². The number of hydrogen-bond donors (Lipinski definition) is 1. The minimum atomic E-state index is 0.822. The Labute approximate surface area is 110 Å². The molecule has 0 aliphatic heterocycles. The van der Waals surface area contributed by atoms with Crippen LogP contribution in [0.15, 0.2) is 28.1 Å². The molecule has 1 nitrogen and oxygen atoms in total. The topological polar surface area (TPSA) is 12.0 Å². The molecule has 2 heterocycles. The van der Waals surface area contributed by atoms with Gasteiger partial charge in [0.2, 0.25) is 0 Å². The molecule has 0 bridgehead atoms. The molecule has 0 atom stereocenters. The van der Waals surface area contributed by atoms with Gasteiger partial charge in [0.15, 0.2) is 0 Å². The Morgan fingerprint density at radius 3 is 2.73 bits per heavy atom. The molecular formula is C10H9BrClNS2. The highest BCUT2D eigenvalue weighted by atomic mass is 79.9. The predicted molar refractivity (Wildman–Crippen MR) is 71.9 cm³/mol. The molecule has 0 amide bonds. The zero-order valence-electron chi connectivity index (χ0n) is 7.80. The average molecular weight is 323 g/mol. The van der Waals surface area contributed by atoms with Crippen LogP contribution in [0.5, 0.6) is 0 Å². The van der Waals surface area contributed by atoms with Crippen molar-refractivity contribution in [1.82, 2.24) is 5.32 Å². The molecule has 0 saturated heterocycles. The summed E-state index contributed by atoms with van der Waals surface area (Å²) in [5, 5.41) is 5.48. The molecule has 2 aromatic rings. The van der Waals surface area contributed by atoms with Crippen LogP contribution in [0.1, 0.15) is 9.75 Å². The summed E-state index contributed by atoms with van der Waals surface area (Å²) in [6.45, 7) is 1.79. The van der Waals surface area contributed by atoms with E-state index in [0.717, 1.165) is 21.9 Å². The van der Waals surface area contributed by atoms with Crippen molar-refractivity contribution < 1.29 is 0 Å². The monoisotopic (exact) mass is 321 g/mol. The second kappa shape index (κ2) is 5.46. The molecule has 1 N–H and O–H groups in total. The lowest BCUT2D eigenvalue weighted by atomic mass is 10.4. The summed E-state index contributed by atoms with van der Waals surface area (Å²) in [7, 11) is 0. The number of rotatable bonds is 4. The van der Waals surface area contributed by atoms with Gasteiger partial charge < -0.3 is 5.32 Å². The molecule has 2 aromatic heterocycles. The summed E-state index contributed by atoms with van der Waals surface area (Å²) < 4.78 is 1.81. The number of hydrogen-bond acceptors (Lipinski definition) is 3. The lowest BCUT2D eigenvalue weighted by molar-refractivity contribution is 0.709. The second-order valence-electron chi connectivity index (χ2n) is 3.02. The largest absolute Gasteiger partial charge is 0.307 e. The molecule has 0 radical (unpaired) electrons. The third-order valence-electron chi connectivity index (χ3n) is 1.87. The fraction of sp³-hybridized carbons (Fsp3) is 0.200. The van der Waals surface area contributed by atoms with Crippen LogP contribution in [-0.4, -0.2) is 0 Å². The van der Waals surface area contributed by atoms with E-state index in [9.17, 15) is 0 Å². The Kier molecular flexibility index (Phi) is 4.22. The molecule has 5 heteroatoms. The molecule has 2 rings (SSSR count). The zero-order valence-corrected chi connectivity index (χ0v) is 11.8. The van der Waals surface area contributed by atoms with E-state index < -0.39 is 0 Å². The maximum absolute atomic E-state index is 5.95. The van der Waals surface area contributed by atoms with Crippen LogP contribution in [0.4, 0.5) is 0 Å². The quantitative estimate of drug-likeness (QED) is 0.873. The highest BCUT2D eigenvalue weighted by Crippen LogP contribution is 2.31. The van der Waals surface area contributed by atoms with Crippen LogP contribution in [0, 0.1) is 0 Å². The van der Waals surface area contributed by atoms with Gasteiger partial charge in [0, 0.05) is 27.3 Å². The average Bonchev–Trinajstić information content (AvgIpc) is 2.79. The summed E-state index contributed by atoms with van der Waals surface area (Å²) in [4.78, 5) is 2.61. The molecule has 0 saturated carbocycles. The Morgan fingerprint density at radius 1 is 1.33 bits per heavy atom. The van der Waals surface area contributed by atoms with Crippen molar-refractivity contribution in [3.8, 4) is 0 Å². The highest BCUT2D eigenvalue weighted by Gasteiger charge is 2.03. The minimum Gasteiger partial charge on any atom is -0.307 e. The fourth-order valence-electron chi connectivity index (χ4n) is 1.20. The summed E-state index contributed by atoms with van der Waals surface area (Å²) in [6, 6.07) is 6.27. The van der Waals surface area contributed by atoms with Gasteiger partial charge in [0.1, 0.15) is 4.34 Å². The Morgan fingerprint density at radius 2 is 2.13 bits per heavy atom. The molecule has 0 fully saturated rings. The van der Waals surface area contributed by atoms with E-state index in [4.69, 9.17) is 11.6 Å². The van der Waals surface area contributed by atoms with E-state index in [1.165, 1.54) is 9.75 Å². The van der Waals surface area contributed by atoms with Gasteiger partial charge in [-0.05, 0) is 33.4 Å². The molecular weight excluding hydrogens is 314 g/mol. The SMILES string of the molecule is Clc1sc(CNCc2cccs2)cc1Br. The van der Waals surface area contributed by atoms with E-state index in [1.807, 2.05) is 0 Å². The summed E-state index contributed by atoms with van der Waals surface area (Å²) in [6.07, 6.45) is 0. The number of halogens is 2. The van der Waals surface area contributed by atoms with Crippen LogP contribution >= 0.6 is 50.2 Å². The van der Waals surface area contributed by atoms with Gasteiger partial charge in [0.25, 0.3) is 0 Å². The standard InChI is InChI=1S/C10H9BrClNS2/c11-9-4-8(15-10(9)12)6-13-5-7-2-1-3-14-7/h1-4,13H,5-6H2. The fourth-order valence-corrected chi connectivity index (χ4v) is 3.64. The third kappa shape index (κ3) is 3.29. The first-order valence-electron chi connectivity index (χ1n) is 4.42. The van der Waals surface area contributed by atoms with Crippen LogP contribution in [0.25, 0.3) is 0 Å². The normalized spacial score (nSPS) is 10.8. The van der Waals surface area contributed by atoms with Crippen molar-refractivity contribution in [2.24, 2.45) is 0 Å². The Balaban J connectivity index is 1.83. The van der Waals surface area contributed by atoms with E-state index in [-0.39, 0.29) is 0 Å². The van der Waals surface area contributed by atoms with Gasteiger partial charge in [-0.1, -0.05) is 17.7 Å². The van der Waals surface area contributed by atoms with Crippen LogP contribution in [0.3, 0.4) is 0 Å². The first-order valence-corrected chi connectivity index (χ1v) is 7.29. The van der Waals surface area contributed by atoms with E-state index in [0.29, 0.717) is 0 Å². The summed E-state index contributed by atoms with van der Waals surface area (Å²) >= 11 is 12.7. The summed E-state index contributed by atoms with van der Waals surface area (Å²) in [5.74, 6) is 0. The maximum Gasteiger partial charge on any atom is 0.107 e. The lowest BCUT2D eigenvalue weighted by Crippen LogP contribution is -2.10. The van der Waals surface area contributed by atoms with Crippen molar-refractivity contribution in [3.05, 3.63) is 42.1 Å². The van der Waals surface area contributed by atoms with Gasteiger partial charge in [-0.3, -0.25) is 0 Å². The van der Waals surface area contributed by atoms with E-state index in [1.54, 1.807) is 22.7 Å². The van der Waals surface area contributed by atoms with Gasteiger partial charge in [-0.25, -0.2) is 0 Å². The molecule has 0 aliphatic carbocycles. The maximum atomic E-state index is 5.95. The molecule has 0 unspecified atom stereocenters. The lowest BCUT2D eigenvalue weighted by Gasteiger charge is -1.99. The van der Waals surface area contributed by atoms with Crippen molar-refractivity contribution in [2.75, 3.05) is 0 Å². The second-order valence-corrected chi connectivity index (χ2v) is 6.64. The smallest absolute Gasteiger partial charge is 0.107 e. The van der Waals surface area contributed by atoms with Crippen LogP contribution in [0.2, 0.25) is 4.34 Å². The van der Waals surface area contributed by atoms with Gasteiger partial charge in [-0.15, -0.1) is 22.7 Å². The van der Waals surface area contributed by atoms with Crippen LogP contribution in [-0.2, 0) is 13.1 Å². The molecule has 15 heavy (non-hydrogen) atoms. The number of nitrogens with one attached hydrogen (secondary N) is 1. The molecule has 0 aliphatic rings. The zero-order chi connectivity index (χ0) is 10.7. The van der Waals surface area contributed by atoms with E-state index in [2.05, 4.69) is 44.8 Å². The Hall–Kier alpha value is 0.130. The van der Waals surface area contributed by atoms with Crippen molar-refractivity contribution in [1.29, 1.82) is 0 Å². The van der Waals surface area contributed by atoms with Gasteiger partial charge >= 0.3 is 0 Å². The summed E-state index contributed by atoms with van der Waals surface area (Å²) in [5.41, 5.74) is 0. The van der Waals surface area contributed by atoms with Gasteiger partial charge in [0.05, 0.1) is 0 Å². The predicted octanol–water partition coefficient (Wildman–Crippen LogP) is 4.52. The molecule has 0 aromatic carbocycles. The molecule has 0 spiro atoms. The molecule has 80 valence electrons. The Bertz CT molecular complexity index is 405. The van der Waals surface area contributed by atoms with Crippen LogP contribution < -0.4 is 5.32 Å². The number of thiophene rings is 2. The minimum absolute atomic E-state index is 0.822. The highest BCUT2D eigenvalue weighted by molar-refractivity contribution is 9.10. The van der Waals surface area contributed by atoms with Crippen molar-refractivity contribution in [3.63, 3.8) is 0 Å². The van der Waals surface area contributed by atoms with E-state index >= 15 is 0 Å². The van der Waals surface area contributed by atoms with Gasteiger partial charge in [-0.2, -0.15) is 0 Å². The first-order chi connectivity index (χ1) is 7.25. The third-order valence-corrected chi connectivity index (χ3v) is 5.23. The first kappa shape index (κ1) is 11.6. The van der Waals surface area contributed by atoms with Crippen molar-refractivity contribution in [2.45, 2.75) is 13.1 Å².